The molecule has 6 heteroatoms. The van der Waals surface area contributed by atoms with Crippen molar-refractivity contribution in [1.82, 2.24) is 15.0 Å². The lowest BCUT2D eigenvalue weighted by Crippen LogP contribution is -2.11. The molecule has 0 unspecified atom stereocenters. The zero-order valence-corrected chi connectivity index (χ0v) is 9.30. The third-order valence-electron chi connectivity index (χ3n) is 2.36. The first-order chi connectivity index (χ1) is 7.80. The number of nitrogens with zero attached hydrogens (tertiary/aromatic N) is 3. The fourth-order valence-electron chi connectivity index (χ4n) is 1.58. The van der Waals surface area contributed by atoms with E-state index in [-0.39, 0.29) is 0 Å². The summed E-state index contributed by atoms with van der Waals surface area (Å²) in [5, 5.41) is 8.05. The zero-order chi connectivity index (χ0) is 11.5. The quantitative estimate of drug-likeness (QED) is 0.810. The molecule has 2 aromatic rings. The van der Waals surface area contributed by atoms with Crippen LogP contribution in [0.3, 0.4) is 0 Å². The van der Waals surface area contributed by atoms with Crippen LogP contribution in [-0.4, -0.2) is 35.8 Å². The molecule has 0 atom stereocenters. The average molecular weight is 222 g/mol. The molecule has 1 heterocycles. The van der Waals surface area contributed by atoms with Crippen molar-refractivity contribution in [3.8, 4) is 11.5 Å². The largest absolute Gasteiger partial charge is 0.493 e. The van der Waals surface area contributed by atoms with Crippen LogP contribution in [0.1, 0.15) is 0 Å². The predicted octanol–water partition coefficient (Wildman–Crippen LogP) is 0.407. The van der Waals surface area contributed by atoms with Gasteiger partial charge in [-0.2, -0.15) is 0 Å². The number of rotatable bonds is 4. The molecule has 0 aliphatic rings. The van der Waals surface area contributed by atoms with Crippen LogP contribution in [0.2, 0.25) is 0 Å². The third-order valence-corrected chi connectivity index (χ3v) is 2.36. The lowest BCUT2D eigenvalue weighted by atomic mass is 10.2. The maximum atomic E-state index is 5.49. The minimum Gasteiger partial charge on any atom is -0.493 e. The fraction of sp³-hybridized carbons (Fsp3) is 0.400. The van der Waals surface area contributed by atoms with Gasteiger partial charge >= 0.3 is 0 Å². The molecule has 0 aliphatic carbocycles. The van der Waals surface area contributed by atoms with E-state index in [1.54, 1.807) is 25.0 Å². The Kier molecular flexibility index (Phi) is 2.91. The number of aromatic nitrogens is 3. The van der Waals surface area contributed by atoms with E-state index in [4.69, 9.17) is 15.2 Å². The lowest BCUT2D eigenvalue weighted by Gasteiger charge is -2.07. The van der Waals surface area contributed by atoms with E-state index < -0.39 is 0 Å². The van der Waals surface area contributed by atoms with Crippen molar-refractivity contribution in [1.29, 1.82) is 0 Å². The summed E-state index contributed by atoms with van der Waals surface area (Å²) in [6, 6.07) is 3.65. The topological polar surface area (TPSA) is 75.2 Å². The number of benzene rings is 1. The second-order valence-corrected chi connectivity index (χ2v) is 3.30. The predicted molar refractivity (Wildman–Crippen MR) is 59.7 cm³/mol. The maximum absolute atomic E-state index is 5.49. The van der Waals surface area contributed by atoms with Gasteiger partial charge in [-0.05, 0) is 0 Å². The molecule has 1 aromatic carbocycles. The third kappa shape index (κ3) is 1.67. The van der Waals surface area contributed by atoms with E-state index in [0.29, 0.717) is 24.6 Å². The molecule has 0 saturated carbocycles. The van der Waals surface area contributed by atoms with Crippen LogP contribution in [0.15, 0.2) is 12.1 Å². The van der Waals surface area contributed by atoms with Gasteiger partial charge in [-0.25, -0.2) is 4.68 Å². The summed E-state index contributed by atoms with van der Waals surface area (Å²) in [6.45, 7) is 1.15. The summed E-state index contributed by atoms with van der Waals surface area (Å²) < 4.78 is 12.2. The summed E-state index contributed by atoms with van der Waals surface area (Å²) in [5.74, 6) is 1.31. The molecule has 86 valence electrons. The molecule has 0 bridgehead atoms. The second-order valence-electron chi connectivity index (χ2n) is 3.30. The van der Waals surface area contributed by atoms with Crippen LogP contribution in [0, 0.1) is 0 Å². The SMILES string of the molecule is COc1cc2nnn(CCN)c2cc1OC. The summed E-state index contributed by atoms with van der Waals surface area (Å²) >= 11 is 0. The zero-order valence-electron chi connectivity index (χ0n) is 9.30. The van der Waals surface area contributed by atoms with E-state index in [0.717, 1.165) is 11.0 Å². The molecule has 16 heavy (non-hydrogen) atoms. The van der Waals surface area contributed by atoms with Crippen molar-refractivity contribution in [2.45, 2.75) is 6.54 Å². The van der Waals surface area contributed by atoms with E-state index in [1.807, 2.05) is 6.07 Å². The highest BCUT2D eigenvalue weighted by Crippen LogP contribution is 2.30. The standard InChI is InChI=1S/C10H14N4O2/c1-15-9-5-7-8(6-10(9)16-2)14(4-3-11)13-12-7/h5-6H,3-4,11H2,1-2H3. The molecular weight excluding hydrogens is 208 g/mol. The van der Waals surface area contributed by atoms with Gasteiger partial charge in [0.15, 0.2) is 11.5 Å². The number of hydrogen-bond acceptors (Lipinski definition) is 5. The molecule has 0 saturated heterocycles. The Hall–Kier alpha value is -1.82. The Morgan fingerprint density at radius 3 is 2.56 bits per heavy atom. The summed E-state index contributed by atoms with van der Waals surface area (Å²) in [5.41, 5.74) is 7.15. The van der Waals surface area contributed by atoms with E-state index in [9.17, 15) is 0 Å². The summed E-state index contributed by atoms with van der Waals surface area (Å²) in [7, 11) is 3.19. The van der Waals surface area contributed by atoms with Crippen LogP contribution in [0.4, 0.5) is 0 Å². The maximum Gasteiger partial charge on any atom is 0.163 e. The van der Waals surface area contributed by atoms with Gasteiger partial charge in [0.1, 0.15) is 5.52 Å². The number of fused-ring (bicyclic) bond motifs is 1. The van der Waals surface area contributed by atoms with Gasteiger partial charge < -0.3 is 15.2 Å². The average Bonchev–Trinajstić information content (AvgIpc) is 2.70. The van der Waals surface area contributed by atoms with Crippen LogP contribution in [0.5, 0.6) is 11.5 Å². The first-order valence-electron chi connectivity index (χ1n) is 4.95. The van der Waals surface area contributed by atoms with Gasteiger partial charge in [-0.1, -0.05) is 5.21 Å². The molecule has 0 amide bonds. The number of ether oxygens (including phenoxy) is 2. The van der Waals surface area contributed by atoms with Gasteiger partial charge in [-0.3, -0.25) is 0 Å². The molecular formula is C10H14N4O2. The summed E-state index contributed by atoms with van der Waals surface area (Å²) in [4.78, 5) is 0. The Morgan fingerprint density at radius 1 is 1.25 bits per heavy atom. The van der Waals surface area contributed by atoms with Crippen molar-refractivity contribution < 1.29 is 9.47 Å². The van der Waals surface area contributed by atoms with Crippen molar-refractivity contribution in [3.05, 3.63) is 12.1 Å². The summed E-state index contributed by atoms with van der Waals surface area (Å²) in [6.07, 6.45) is 0. The molecule has 0 spiro atoms. The highest BCUT2D eigenvalue weighted by Gasteiger charge is 2.10. The van der Waals surface area contributed by atoms with Gasteiger partial charge in [0.25, 0.3) is 0 Å². The highest BCUT2D eigenvalue weighted by atomic mass is 16.5. The van der Waals surface area contributed by atoms with Crippen LogP contribution >= 0.6 is 0 Å². The van der Waals surface area contributed by atoms with Crippen molar-refractivity contribution in [2.75, 3.05) is 20.8 Å². The smallest absolute Gasteiger partial charge is 0.163 e. The van der Waals surface area contributed by atoms with Crippen LogP contribution in [-0.2, 0) is 6.54 Å². The normalized spacial score (nSPS) is 10.7. The number of methoxy groups -OCH3 is 2. The van der Waals surface area contributed by atoms with E-state index in [1.165, 1.54) is 0 Å². The van der Waals surface area contributed by atoms with Crippen molar-refractivity contribution in [2.24, 2.45) is 5.73 Å². The van der Waals surface area contributed by atoms with Crippen molar-refractivity contribution >= 4 is 11.0 Å². The number of hydrogen-bond donors (Lipinski definition) is 1. The number of nitrogens with two attached hydrogens (primary N) is 1. The molecule has 2 rings (SSSR count). The fourth-order valence-corrected chi connectivity index (χ4v) is 1.58. The first kappa shape index (κ1) is 10.7. The molecule has 0 radical (unpaired) electrons. The van der Waals surface area contributed by atoms with Gasteiger partial charge in [0, 0.05) is 18.7 Å². The molecule has 0 aliphatic heterocycles. The Bertz CT molecular complexity index is 495. The minimum absolute atomic E-state index is 0.521. The van der Waals surface area contributed by atoms with Gasteiger partial charge in [-0.15, -0.1) is 5.10 Å². The van der Waals surface area contributed by atoms with E-state index >= 15 is 0 Å². The van der Waals surface area contributed by atoms with Crippen LogP contribution in [0.25, 0.3) is 11.0 Å². The first-order valence-corrected chi connectivity index (χ1v) is 4.95. The van der Waals surface area contributed by atoms with Gasteiger partial charge in [0.05, 0.1) is 26.3 Å². The molecule has 1 aromatic heterocycles. The second kappa shape index (κ2) is 4.36. The minimum atomic E-state index is 0.521. The van der Waals surface area contributed by atoms with Gasteiger partial charge in [0.2, 0.25) is 0 Å². The Balaban J connectivity index is 2.57. The Morgan fingerprint density at radius 2 is 1.94 bits per heavy atom. The van der Waals surface area contributed by atoms with Crippen LogP contribution < -0.4 is 15.2 Å². The molecule has 6 nitrogen and oxygen atoms in total. The molecule has 2 N–H and O–H groups in total. The highest BCUT2D eigenvalue weighted by molar-refractivity contribution is 5.79. The molecule has 0 fully saturated rings. The van der Waals surface area contributed by atoms with Crippen molar-refractivity contribution in [3.63, 3.8) is 0 Å². The lowest BCUT2D eigenvalue weighted by molar-refractivity contribution is 0.355. The van der Waals surface area contributed by atoms with E-state index in [2.05, 4.69) is 10.3 Å². The monoisotopic (exact) mass is 222 g/mol. The Labute approximate surface area is 92.9 Å².